The molecule has 5 heteroatoms. The average Bonchev–Trinajstić information content (AvgIpc) is 3.37. The Bertz CT molecular complexity index is 317. The van der Waals surface area contributed by atoms with Crippen LogP contribution in [0.15, 0.2) is 0 Å². The van der Waals surface area contributed by atoms with Crippen molar-refractivity contribution in [1.82, 2.24) is 0 Å². The van der Waals surface area contributed by atoms with E-state index in [1.807, 2.05) is 0 Å². The summed E-state index contributed by atoms with van der Waals surface area (Å²) in [5.41, 5.74) is 0. The number of rotatable bonds is 8. The fraction of sp³-hybridized carbons (Fsp3) is 1.00. The zero-order chi connectivity index (χ0) is 17.0. The summed E-state index contributed by atoms with van der Waals surface area (Å²) in [4.78, 5) is 0. The fourth-order valence-corrected chi connectivity index (χ4v) is 11.1. The third kappa shape index (κ3) is 5.22. The Hall–Kier alpha value is 0.383. The van der Waals surface area contributed by atoms with Crippen LogP contribution in [0.3, 0.4) is 0 Å². The van der Waals surface area contributed by atoms with Crippen LogP contribution in [0.5, 0.6) is 0 Å². The zero-order valence-corrected chi connectivity index (χ0v) is 17.9. The van der Waals surface area contributed by atoms with Gasteiger partial charge in [0.1, 0.15) is 0 Å². The second-order valence-electron chi connectivity index (χ2n) is 8.60. The minimum absolute atomic E-state index is 0.309. The third-order valence-corrected chi connectivity index (χ3v) is 11.7. The topological polar surface area (TPSA) is 36.9 Å². The molecule has 0 aromatic rings. The molecule has 0 N–H and O–H groups in total. The van der Waals surface area contributed by atoms with Crippen LogP contribution in [-0.2, 0) is 15.1 Å². The normalized spacial score (nSPS) is 27.8. The van der Waals surface area contributed by atoms with Crippen LogP contribution >= 0.6 is 0 Å². The van der Waals surface area contributed by atoms with Gasteiger partial charge in [0.25, 0.3) is 0 Å². The number of hydrogen-bond acceptors (Lipinski definition) is 4. The van der Waals surface area contributed by atoms with Crippen molar-refractivity contribution in [3.63, 3.8) is 0 Å². The molecule has 4 nitrogen and oxygen atoms in total. The van der Waals surface area contributed by atoms with Crippen molar-refractivity contribution in [3.8, 4) is 0 Å². The van der Waals surface area contributed by atoms with Crippen LogP contribution in [-0.4, -0.2) is 39.0 Å². The molecule has 0 bridgehead atoms. The van der Waals surface area contributed by atoms with E-state index in [9.17, 15) is 0 Å². The molecular formula is C20H36GeO4. The predicted molar refractivity (Wildman–Crippen MR) is 99.1 cm³/mol. The first kappa shape index (κ1) is 18.7. The van der Waals surface area contributed by atoms with Gasteiger partial charge in [-0.1, -0.05) is 0 Å². The Morgan fingerprint density at radius 1 is 0.360 bits per heavy atom. The molecule has 0 spiro atoms. The molecule has 4 aliphatic carbocycles. The van der Waals surface area contributed by atoms with Crippen LogP contribution in [0, 0.1) is 0 Å². The molecule has 0 aromatic carbocycles. The third-order valence-electron chi connectivity index (χ3n) is 6.45. The first-order valence-corrected chi connectivity index (χ1v) is 14.5. The Labute approximate surface area is 157 Å². The SMILES string of the molecule is C1CCC([O][Ge]([O]C2CCCC2)([O]C2CCCC2)[O]C2CCCC2)C1. The Balaban J connectivity index is 1.50. The van der Waals surface area contributed by atoms with Gasteiger partial charge in [0.05, 0.1) is 0 Å². The van der Waals surface area contributed by atoms with E-state index in [4.69, 9.17) is 15.1 Å². The van der Waals surface area contributed by atoms with E-state index in [2.05, 4.69) is 0 Å². The maximum absolute atomic E-state index is 6.71. The molecule has 0 radical (unpaired) electrons. The number of hydrogen-bond donors (Lipinski definition) is 0. The molecule has 0 atom stereocenters. The summed E-state index contributed by atoms with van der Waals surface area (Å²) in [5, 5.41) is 0. The second-order valence-corrected chi connectivity index (χ2v) is 12.7. The summed E-state index contributed by atoms with van der Waals surface area (Å²) >= 11 is -3.69. The molecule has 0 saturated heterocycles. The summed E-state index contributed by atoms with van der Waals surface area (Å²) in [6, 6.07) is 0. The summed E-state index contributed by atoms with van der Waals surface area (Å²) in [6.07, 6.45) is 20.7. The van der Waals surface area contributed by atoms with E-state index in [1.165, 1.54) is 51.4 Å². The van der Waals surface area contributed by atoms with Gasteiger partial charge in [-0.3, -0.25) is 0 Å². The summed E-state index contributed by atoms with van der Waals surface area (Å²) < 4.78 is 26.8. The predicted octanol–water partition coefficient (Wildman–Crippen LogP) is 5.26. The molecule has 4 saturated carbocycles. The molecule has 25 heavy (non-hydrogen) atoms. The molecule has 144 valence electrons. The Morgan fingerprint density at radius 3 is 0.760 bits per heavy atom. The van der Waals surface area contributed by atoms with Gasteiger partial charge >= 0.3 is 157 Å². The van der Waals surface area contributed by atoms with Gasteiger partial charge in [-0.25, -0.2) is 0 Å². The van der Waals surface area contributed by atoms with Gasteiger partial charge in [0.15, 0.2) is 0 Å². The van der Waals surface area contributed by atoms with E-state index >= 15 is 0 Å². The maximum atomic E-state index is 6.71. The average molecular weight is 413 g/mol. The molecule has 4 aliphatic rings. The van der Waals surface area contributed by atoms with E-state index in [-0.39, 0.29) is 0 Å². The summed E-state index contributed by atoms with van der Waals surface area (Å²) in [6.45, 7) is 0. The van der Waals surface area contributed by atoms with Gasteiger partial charge in [-0.2, -0.15) is 0 Å². The zero-order valence-electron chi connectivity index (χ0n) is 15.8. The fourth-order valence-electron chi connectivity index (χ4n) is 5.01. The molecule has 4 fully saturated rings. The molecule has 0 unspecified atom stereocenters. The van der Waals surface area contributed by atoms with Gasteiger partial charge < -0.3 is 0 Å². The van der Waals surface area contributed by atoms with Crippen molar-refractivity contribution in [2.75, 3.05) is 0 Å². The van der Waals surface area contributed by atoms with Gasteiger partial charge in [-0.15, -0.1) is 0 Å². The Kier molecular flexibility index (Phi) is 6.78. The molecule has 0 amide bonds. The van der Waals surface area contributed by atoms with E-state index in [1.54, 1.807) is 0 Å². The van der Waals surface area contributed by atoms with Gasteiger partial charge in [0.2, 0.25) is 0 Å². The molecular weight excluding hydrogens is 377 g/mol. The van der Waals surface area contributed by atoms with Crippen molar-refractivity contribution in [3.05, 3.63) is 0 Å². The van der Waals surface area contributed by atoms with Crippen LogP contribution in [0.4, 0.5) is 0 Å². The van der Waals surface area contributed by atoms with E-state index < -0.39 is 14.6 Å². The van der Waals surface area contributed by atoms with Crippen molar-refractivity contribution in [1.29, 1.82) is 0 Å². The molecule has 0 aromatic heterocycles. The van der Waals surface area contributed by atoms with E-state index in [0.29, 0.717) is 24.4 Å². The van der Waals surface area contributed by atoms with Crippen molar-refractivity contribution in [2.45, 2.75) is 127 Å². The quantitative estimate of drug-likeness (QED) is 0.509. The summed E-state index contributed by atoms with van der Waals surface area (Å²) in [5.74, 6) is 0. The van der Waals surface area contributed by atoms with Crippen molar-refractivity contribution in [2.24, 2.45) is 0 Å². The van der Waals surface area contributed by atoms with Crippen molar-refractivity contribution >= 4 is 14.6 Å². The first-order valence-electron chi connectivity index (χ1n) is 11.0. The molecule has 0 heterocycles. The van der Waals surface area contributed by atoms with Crippen LogP contribution in [0.1, 0.15) is 103 Å². The minimum atomic E-state index is -3.69. The Morgan fingerprint density at radius 2 is 0.560 bits per heavy atom. The van der Waals surface area contributed by atoms with E-state index in [0.717, 1.165) is 51.4 Å². The van der Waals surface area contributed by atoms with Crippen molar-refractivity contribution < 1.29 is 15.1 Å². The second kappa shape index (κ2) is 9.05. The first-order chi connectivity index (χ1) is 12.3. The van der Waals surface area contributed by atoms with Crippen LogP contribution in [0.2, 0.25) is 0 Å². The van der Waals surface area contributed by atoms with Crippen LogP contribution in [0.25, 0.3) is 0 Å². The molecule has 4 rings (SSSR count). The monoisotopic (exact) mass is 414 g/mol. The summed E-state index contributed by atoms with van der Waals surface area (Å²) in [7, 11) is 0. The molecule has 0 aliphatic heterocycles. The van der Waals surface area contributed by atoms with Crippen LogP contribution < -0.4 is 0 Å². The van der Waals surface area contributed by atoms with Gasteiger partial charge in [-0.05, 0) is 0 Å². The standard InChI is InChI=1S/C20H36GeO4/c1-2-10-17(9-1)22-21(23-18-11-3-4-12-18,24-19-13-5-6-14-19)25-20-15-7-8-16-20/h17-20H,1-16H2. The van der Waals surface area contributed by atoms with Gasteiger partial charge in [0, 0.05) is 0 Å².